The SMILES string of the molecule is Oc1cc(OCc2ccccc2F)ccc1C1NNCC1c1ccc(Br)cc1. The summed E-state index contributed by atoms with van der Waals surface area (Å²) >= 11 is 3.46. The van der Waals surface area contributed by atoms with E-state index in [-0.39, 0.29) is 30.1 Å². The third kappa shape index (κ3) is 4.04. The van der Waals surface area contributed by atoms with E-state index in [1.165, 1.54) is 11.6 Å². The second-order valence-electron chi connectivity index (χ2n) is 6.76. The number of benzene rings is 3. The average molecular weight is 443 g/mol. The van der Waals surface area contributed by atoms with Crippen LogP contribution in [0.1, 0.15) is 28.7 Å². The Morgan fingerprint density at radius 3 is 2.61 bits per heavy atom. The van der Waals surface area contributed by atoms with Gasteiger partial charge in [-0.1, -0.05) is 52.3 Å². The predicted octanol–water partition coefficient (Wildman–Crippen LogP) is 4.81. The smallest absolute Gasteiger partial charge is 0.129 e. The second kappa shape index (κ2) is 8.31. The summed E-state index contributed by atoms with van der Waals surface area (Å²) in [4.78, 5) is 0. The maximum absolute atomic E-state index is 13.7. The second-order valence-corrected chi connectivity index (χ2v) is 7.68. The van der Waals surface area contributed by atoms with Crippen molar-refractivity contribution in [3.63, 3.8) is 0 Å². The van der Waals surface area contributed by atoms with Crippen molar-refractivity contribution in [2.45, 2.75) is 18.6 Å². The molecule has 28 heavy (non-hydrogen) atoms. The van der Waals surface area contributed by atoms with Gasteiger partial charge in [-0.15, -0.1) is 0 Å². The van der Waals surface area contributed by atoms with Crippen LogP contribution in [0, 0.1) is 5.82 Å². The van der Waals surface area contributed by atoms with Crippen molar-refractivity contribution >= 4 is 15.9 Å². The van der Waals surface area contributed by atoms with Gasteiger partial charge in [0.15, 0.2) is 0 Å². The molecule has 0 aliphatic carbocycles. The van der Waals surface area contributed by atoms with Crippen LogP contribution >= 0.6 is 15.9 Å². The number of hydrogen-bond acceptors (Lipinski definition) is 4. The standard InChI is InChI=1S/C22H20BrFN2O2/c23-16-7-5-14(6-8-16)19-12-25-26-22(19)18-10-9-17(11-21(18)27)28-13-15-3-1-2-4-20(15)24/h1-11,19,22,25-27H,12-13H2. The van der Waals surface area contributed by atoms with Gasteiger partial charge in [0.25, 0.3) is 0 Å². The van der Waals surface area contributed by atoms with Crippen LogP contribution in [0.25, 0.3) is 0 Å². The van der Waals surface area contributed by atoms with E-state index in [1.807, 2.05) is 18.2 Å². The molecule has 3 aromatic rings. The highest BCUT2D eigenvalue weighted by molar-refractivity contribution is 9.10. The third-order valence-electron chi connectivity index (χ3n) is 4.97. The molecule has 4 rings (SSSR count). The molecule has 0 bridgehead atoms. The van der Waals surface area contributed by atoms with Gasteiger partial charge < -0.3 is 9.84 Å². The topological polar surface area (TPSA) is 53.5 Å². The third-order valence-corrected chi connectivity index (χ3v) is 5.50. The molecule has 0 amide bonds. The monoisotopic (exact) mass is 442 g/mol. The summed E-state index contributed by atoms with van der Waals surface area (Å²) in [6, 6.07) is 19.9. The molecular formula is C22H20BrFN2O2. The molecule has 1 aliphatic rings. The molecule has 3 N–H and O–H groups in total. The summed E-state index contributed by atoms with van der Waals surface area (Å²) in [7, 11) is 0. The Kier molecular flexibility index (Phi) is 5.62. The Labute approximate surface area is 171 Å². The van der Waals surface area contributed by atoms with Crippen LogP contribution in [-0.2, 0) is 6.61 Å². The molecule has 1 fully saturated rings. The zero-order valence-corrected chi connectivity index (χ0v) is 16.6. The number of ether oxygens (including phenoxy) is 1. The molecule has 0 radical (unpaired) electrons. The van der Waals surface area contributed by atoms with Crippen LogP contribution < -0.4 is 15.6 Å². The molecule has 4 nitrogen and oxygen atoms in total. The average Bonchev–Trinajstić information content (AvgIpc) is 3.17. The van der Waals surface area contributed by atoms with Crippen molar-refractivity contribution in [3.05, 3.63) is 93.7 Å². The highest BCUT2D eigenvalue weighted by Gasteiger charge is 2.31. The molecule has 2 atom stereocenters. The van der Waals surface area contributed by atoms with Crippen molar-refractivity contribution in [1.29, 1.82) is 0 Å². The number of rotatable bonds is 5. The maximum atomic E-state index is 13.7. The predicted molar refractivity (Wildman–Crippen MR) is 110 cm³/mol. The van der Waals surface area contributed by atoms with Gasteiger partial charge >= 0.3 is 0 Å². The lowest BCUT2D eigenvalue weighted by Crippen LogP contribution is -2.25. The van der Waals surface area contributed by atoms with E-state index in [9.17, 15) is 9.50 Å². The number of phenols is 1. The first-order valence-electron chi connectivity index (χ1n) is 9.05. The van der Waals surface area contributed by atoms with E-state index >= 15 is 0 Å². The lowest BCUT2D eigenvalue weighted by Gasteiger charge is -2.21. The molecule has 3 aromatic carbocycles. The molecule has 0 aromatic heterocycles. The molecule has 1 saturated heterocycles. The van der Waals surface area contributed by atoms with E-state index in [0.29, 0.717) is 11.3 Å². The number of phenolic OH excluding ortho intramolecular Hbond substituents is 1. The van der Waals surface area contributed by atoms with Crippen molar-refractivity contribution in [1.82, 2.24) is 10.9 Å². The Bertz CT molecular complexity index is 965. The lowest BCUT2D eigenvalue weighted by molar-refractivity contribution is 0.297. The zero-order valence-electron chi connectivity index (χ0n) is 15.0. The van der Waals surface area contributed by atoms with Gasteiger partial charge in [0, 0.05) is 34.1 Å². The fourth-order valence-corrected chi connectivity index (χ4v) is 3.73. The molecule has 0 spiro atoms. The van der Waals surface area contributed by atoms with Gasteiger partial charge in [0.1, 0.15) is 23.9 Å². The number of aromatic hydroxyl groups is 1. The first kappa shape index (κ1) is 18.9. The Balaban J connectivity index is 1.51. The fraction of sp³-hybridized carbons (Fsp3) is 0.182. The normalized spacial score (nSPS) is 18.9. The minimum Gasteiger partial charge on any atom is -0.507 e. The fourth-order valence-electron chi connectivity index (χ4n) is 3.46. The minimum absolute atomic E-state index is 0.0678. The molecule has 0 saturated carbocycles. The van der Waals surface area contributed by atoms with Crippen LogP contribution in [0.15, 0.2) is 71.2 Å². The number of halogens is 2. The van der Waals surface area contributed by atoms with Gasteiger partial charge in [0.2, 0.25) is 0 Å². The summed E-state index contributed by atoms with van der Waals surface area (Å²) in [5.74, 6) is 0.524. The van der Waals surface area contributed by atoms with Crippen LogP contribution in [0.5, 0.6) is 11.5 Å². The summed E-state index contributed by atoms with van der Waals surface area (Å²) in [6.45, 7) is 0.869. The van der Waals surface area contributed by atoms with Crippen LogP contribution in [0.4, 0.5) is 4.39 Å². The highest BCUT2D eigenvalue weighted by Crippen LogP contribution is 2.38. The first-order chi connectivity index (χ1) is 13.6. The maximum Gasteiger partial charge on any atom is 0.129 e. The van der Waals surface area contributed by atoms with Gasteiger partial charge in [-0.05, 0) is 29.8 Å². The first-order valence-corrected chi connectivity index (χ1v) is 9.84. The van der Waals surface area contributed by atoms with E-state index in [0.717, 1.165) is 16.6 Å². The van der Waals surface area contributed by atoms with Crippen molar-refractivity contribution < 1.29 is 14.2 Å². The van der Waals surface area contributed by atoms with E-state index in [2.05, 4.69) is 38.9 Å². The quantitative estimate of drug-likeness (QED) is 0.530. The number of hydrazine groups is 1. The Hall–Kier alpha value is -2.41. The molecule has 6 heteroatoms. The van der Waals surface area contributed by atoms with Crippen LogP contribution in [-0.4, -0.2) is 11.7 Å². The highest BCUT2D eigenvalue weighted by atomic mass is 79.9. The van der Waals surface area contributed by atoms with E-state index in [4.69, 9.17) is 4.74 Å². The molecule has 2 unspecified atom stereocenters. The van der Waals surface area contributed by atoms with Crippen molar-refractivity contribution in [2.75, 3.05) is 6.54 Å². The van der Waals surface area contributed by atoms with Gasteiger partial charge in [-0.3, -0.25) is 5.43 Å². The largest absolute Gasteiger partial charge is 0.507 e. The Morgan fingerprint density at radius 2 is 1.86 bits per heavy atom. The lowest BCUT2D eigenvalue weighted by atomic mass is 9.88. The van der Waals surface area contributed by atoms with Crippen LogP contribution in [0.3, 0.4) is 0 Å². The zero-order chi connectivity index (χ0) is 19.5. The summed E-state index contributed by atoms with van der Waals surface area (Å²) < 4.78 is 20.4. The number of nitrogens with one attached hydrogen (secondary N) is 2. The summed E-state index contributed by atoms with van der Waals surface area (Å²) in [6.07, 6.45) is 0. The van der Waals surface area contributed by atoms with Crippen molar-refractivity contribution in [3.8, 4) is 11.5 Å². The van der Waals surface area contributed by atoms with Gasteiger partial charge in [0.05, 0.1) is 6.04 Å². The minimum atomic E-state index is -0.304. The van der Waals surface area contributed by atoms with Crippen LogP contribution in [0.2, 0.25) is 0 Å². The molecule has 1 heterocycles. The van der Waals surface area contributed by atoms with E-state index in [1.54, 1.807) is 30.3 Å². The molecular weight excluding hydrogens is 423 g/mol. The molecule has 144 valence electrons. The van der Waals surface area contributed by atoms with Gasteiger partial charge in [-0.2, -0.15) is 0 Å². The summed E-state index contributed by atoms with van der Waals surface area (Å²) in [5, 5.41) is 10.6. The van der Waals surface area contributed by atoms with Crippen molar-refractivity contribution in [2.24, 2.45) is 0 Å². The molecule has 1 aliphatic heterocycles. The number of hydrogen-bond donors (Lipinski definition) is 3. The van der Waals surface area contributed by atoms with E-state index < -0.39 is 0 Å². The Morgan fingerprint density at radius 1 is 1.07 bits per heavy atom. The van der Waals surface area contributed by atoms with Gasteiger partial charge in [-0.25, -0.2) is 9.82 Å². The summed E-state index contributed by atoms with van der Waals surface area (Å²) in [5.41, 5.74) is 8.88.